The fraction of sp³-hybridized carbons (Fsp3) is 0.895. The first kappa shape index (κ1) is 20.2. The van der Waals surface area contributed by atoms with E-state index in [0.29, 0.717) is 30.0 Å². The number of methoxy groups -OCH3 is 1. The van der Waals surface area contributed by atoms with Crippen molar-refractivity contribution >= 4 is 35.9 Å². The fourth-order valence-electron chi connectivity index (χ4n) is 5.58. The molecule has 7 heteroatoms. The molecule has 0 aromatic heterocycles. The summed E-state index contributed by atoms with van der Waals surface area (Å²) >= 11 is 0. The molecule has 0 bridgehead atoms. The number of halogens is 1. The monoisotopic (exact) mass is 477 g/mol. The molecule has 2 saturated heterocycles. The molecule has 148 valence electrons. The topological polar surface area (TPSA) is 63.2 Å². The number of rotatable bonds is 3. The summed E-state index contributed by atoms with van der Waals surface area (Å²) in [6.07, 6.45) is 5.47. The number of esters is 1. The Morgan fingerprint density at radius 2 is 2.15 bits per heavy atom. The Kier molecular flexibility index (Phi) is 6.06. The Morgan fingerprint density at radius 1 is 1.38 bits per heavy atom. The number of guanidine groups is 1. The molecule has 4 rings (SSSR count). The van der Waals surface area contributed by atoms with Gasteiger partial charge in [-0.1, -0.05) is 13.3 Å². The maximum atomic E-state index is 12.0. The predicted molar refractivity (Wildman–Crippen MR) is 111 cm³/mol. The average molecular weight is 477 g/mol. The molecule has 6 nitrogen and oxygen atoms in total. The van der Waals surface area contributed by atoms with Crippen LogP contribution in [-0.4, -0.2) is 62.3 Å². The van der Waals surface area contributed by atoms with Gasteiger partial charge in [-0.25, -0.2) is 0 Å². The fourth-order valence-corrected chi connectivity index (χ4v) is 5.58. The minimum atomic E-state index is -0.103. The molecule has 2 heterocycles. The molecular formula is C19H32IN3O3. The molecule has 1 spiro atoms. The van der Waals surface area contributed by atoms with Gasteiger partial charge in [-0.2, -0.15) is 0 Å². The lowest BCUT2D eigenvalue weighted by molar-refractivity contribution is -0.171. The summed E-state index contributed by atoms with van der Waals surface area (Å²) in [5.41, 5.74) is 0.336. The van der Waals surface area contributed by atoms with Gasteiger partial charge in [0, 0.05) is 43.6 Å². The highest BCUT2D eigenvalue weighted by atomic mass is 127. The Hall–Kier alpha value is -0.570. The number of nitrogens with zero attached hydrogens (tertiary/aromatic N) is 2. The molecular weight excluding hydrogens is 445 g/mol. The summed E-state index contributed by atoms with van der Waals surface area (Å²) in [5.74, 6) is 1.73. The van der Waals surface area contributed by atoms with E-state index in [1.54, 1.807) is 0 Å². The largest absolute Gasteiger partial charge is 0.469 e. The molecule has 2 aliphatic carbocycles. The third kappa shape index (κ3) is 3.02. The molecule has 4 fully saturated rings. The quantitative estimate of drug-likeness (QED) is 0.293. The van der Waals surface area contributed by atoms with Crippen molar-refractivity contribution in [2.24, 2.45) is 28.2 Å². The van der Waals surface area contributed by atoms with Crippen molar-refractivity contribution in [1.29, 1.82) is 0 Å². The van der Waals surface area contributed by atoms with Gasteiger partial charge in [0.25, 0.3) is 0 Å². The van der Waals surface area contributed by atoms with Crippen LogP contribution in [0.4, 0.5) is 0 Å². The zero-order valence-electron chi connectivity index (χ0n) is 16.1. The van der Waals surface area contributed by atoms with Gasteiger partial charge in [-0.15, -0.1) is 24.0 Å². The number of hydrogen-bond acceptors (Lipinski definition) is 4. The normalized spacial score (nSPS) is 37.4. The van der Waals surface area contributed by atoms with Gasteiger partial charge in [-0.3, -0.25) is 9.79 Å². The van der Waals surface area contributed by atoms with Crippen LogP contribution < -0.4 is 5.32 Å². The predicted octanol–water partition coefficient (Wildman–Crippen LogP) is 2.27. The van der Waals surface area contributed by atoms with Crippen molar-refractivity contribution < 1.29 is 14.3 Å². The van der Waals surface area contributed by atoms with E-state index in [1.165, 1.54) is 26.4 Å². The first-order chi connectivity index (χ1) is 12.1. The summed E-state index contributed by atoms with van der Waals surface area (Å²) in [4.78, 5) is 19.0. The van der Waals surface area contributed by atoms with Crippen LogP contribution in [0.5, 0.6) is 0 Å². The minimum absolute atomic E-state index is 0. The number of carbonyl (C=O) groups is 1. The van der Waals surface area contributed by atoms with Crippen LogP contribution in [0.3, 0.4) is 0 Å². The van der Waals surface area contributed by atoms with Crippen molar-refractivity contribution in [2.75, 3.05) is 33.4 Å². The zero-order chi connectivity index (χ0) is 17.6. The highest BCUT2D eigenvalue weighted by Crippen LogP contribution is 2.62. The molecule has 26 heavy (non-hydrogen) atoms. The molecule has 4 aliphatic rings. The lowest BCUT2D eigenvalue weighted by atomic mass is 9.46. The van der Waals surface area contributed by atoms with Crippen LogP contribution >= 0.6 is 24.0 Å². The van der Waals surface area contributed by atoms with E-state index in [0.717, 1.165) is 32.1 Å². The van der Waals surface area contributed by atoms with Gasteiger partial charge in [0.1, 0.15) is 0 Å². The van der Waals surface area contributed by atoms with Crippen molar-refractivity contribution in [3.63, 3.8) is 0 Å². The summed E-state index contributed by atoms with van der Waals surface area (Å²) in [6, 6.07) is 0.478. The highest BCUT2D eigenvalue weighted by Gasteiger charge is 2.67. The number of aliphatic imine (C=N–C) groups is 1. The first-order valence-electron chi connectivity index (χ1n) is 9.86. The lowest BCUT2D eigenvalue weighted by Crippen LogP contribution is -2.72. The molecule has 5 unspecified atom stereocenters. The third-order valence-electron chi connectivity index (χ3n) is 7.04. The van der Waals surface area contributed by atoms with Crippen LogP contribution in [0.2, 0.25) is 0 Å². The Balaban J connectivity index is 0.00000196. The molecule has 0 amide bonds. The molecule has 2 saturated carbocycles. The number of fused-ring (bicyclic) bond motifs is 2. The number of carbonyl (C=O) groups excluding carboxylic acids is 1. The van der Waals surface area contributed by atoms with Gasteiger partial charge in [0.2, 0.25) is 0 Å². The molecule has 0 aromatic carbocycles. The van der Waals surface area contributed by atoms with E-state index in [9.17, 15) is 4.79 Å². The molecule has 2 aliphatic heterocycles. The lowest BCUT2D eigenvalue weighted by Gasteiger charge is -2.63. The smallest absolute Gasteiger partial charge is 0.310 e. The van der Waals surface area contributed by atoms with E-state index in [2.05, 4.69) is 24.1 Å². The van der Waals surface area contributed by atoms with Crippen LogP contribution in [-0.2, 0) is 14.3 Å². The minimum Gasteiger partial charge on any atom is -0.469 e. The van der Waals surface area contributed by atoms with E-state index >= 15 is 0 Å². The van der Waals surface area contributed by atoms with Crippen molar-refractivity contribution in [3.8, 4) is 0 Å². The average Bonchev–Trinajstić information content (AvgIpc) is 3.14. The van der Waals surface area contributed by atoms with Gasteiger partial charge < -0.3 is 19.7 Å². The number of hydrogen-bond donors (Lipinski definition) is 1. The second-order valence-corrected chi connectivity index (χ2v) is 8.26. The van der Waals surface area contributed by atoms with Gasteiger partial charge >= 0.3 is 5.97 Å². The number of ether oxygens (including phenoxy) is 2. The Labute approximate surface area is 173 Å². The first-order valence-corrected chi connectivity index (χ1v) is 9.86. The molecule has 0 aromatic rings. The van der Waals surface area contributed by atoms with E-state index in [-0.39, 0.29) is 41.8 Å². The standard InChI is InChI=1S/C19H31N3O3.HI/c1-4-20-18(22-10-12(2)14(11-22)17(23)24-3)21-15-13-6-9-25-16(13)19(15)7-5-8-19;/h12-16H,4-11H2,1-3H3,(H,20,21);1H. The Morgan fingerprint density at radius 3 is 2.77 bits per heavy atom. The summed E-state index contributed by atoms with van der Waals surface area (Å²) in [7, 11) is 1.48. The number of nitrogens with one attached hydrogen (secondary N) is 1. The third-order valence-corrected chi connectivity index (χ3v) is 7.04. The summed E-state index contributed by atoms with van der Waals surface area (Å²) in [6.45, 7) is 7.41. The maximum absolute atomic E-state index is 12.0. The SMILES string of the molecule is CCN=C(NC1C2CCOC2C12CCC2)N1CC(C)C(C(=O)OC)C1.I. The summed E-state index contributed by atoms with van der Waals surface area (Å²) in [5, 5.41) is 3.80. The second-order valence-electron chi connectivity index (χ2n) is 8.26. The highest BCUT2D eigenvalue weighted by molar-refractivity contribution is 14.0. The maximum Gasteiger partial charge on any atom is 0.310 e. The number of likely N-dealkylation sites (tertiary alicyclic amines) is 1. The Bertz CT molecular complexity index is 566. The second kappa shape index (κ2) is 7.81. The zero-order valence-corrected chi connectivity index (χ0v) is 18.4. The molecule has 1 N–H and O–H groups in total. The molecule has 0 radical (unpaired) electrons. The van der Waals surface area contributed by atoms with E-state index in [1.807, 2.05) is 0 Å². The van der Waals surface area contributed by atoms with Crippen molar-refractivity contribution in [2.45, 2.75) is 51.7 Å². The van der Waals surface area contributed by atoms with Crippen molar-refractivity contribution in [1.82, 2.24) is 10.2 Å². The van der Waals surface area contributed by atoms with Gasteiger partial charge in [0.05, 0.1) is 19.1 Å². The van der Waals surface area contributed by atoms with Crippen molar-refractivity contribution in [3.05, 3.63) is 0 Å². The van der Waals surface area contributed by atoms with E-state index in [4.69, 9.17) is 14.5 Å². The van der Waals surface area contributed by atoms with E-state index < -0.39 is 0 Å². The van der Waals surface area contributed by atoms with Crippen LogP contribution in [0.25, 0.3) is 0 Å². The van der Waals surface area contributed by atoms with Gasteiger partial charge in [-0.05, 0) is 32.1 Å². The van der Waals surface area contributed by atoms with Crippen LogP contribution in [0.15, 0.2) is 4.99 Å². The van der Waals surface area contributed by atoms with Crippen LogP contribution in [0.1, 0.15) is 39.5 Å². The summed E-state index contributed by atoms with van der Waals surface area (Å²) < 4.78 is 11.0. The van der Waals surface area contributed by atoms with Gasteiger partial charge in [0.15, 0.2) is 5.96 Å². The van der Waals surface area contributed by atoms with Crippen LogP contribution in [0, 0.1) is 23.2 Å². The molecule has 5 atom stereocenters.